The summed E-state index contributed by atoms with van der Waals surface area (Å²) >= 11 is 0. The Hall–Kier alpha value is -6.04. The second-order valence-corrected chi connectivity index (χ2v) is 15.2. The van der Waals surface area contributed by atoms with E-state index in [-0.39, 0.29) is 44.9 Å². The number of aromatic hydroxyl groups is 2. The largest absolute Gasteiger partial charge is 0.507 e. The number of rotatable bonds is 9. The lowest BCUT2D eigenvalue weighted by Crippen LogP contribution is -2.60. The Kier molecular flexibility index (Phi) is 11.0. The highest BCUT2D eigenvalue weighted by atomic mass is 16.7. The minimum absolute atomic E-state index is 0.00301. The van der Waals surface area contributed by atoms with Crippen LogP contribution in [0.4, 0.5) is 0 Å². The average molecular weight is 863 g/mol. The van der Waals surface area contributed by atoms with Gasteiger partial charge in [0, 0.05) is 11.8 Å². The van der Waals surface area contributed by atoms with Crippen LogP contribution in [0.3, 0.4) is 0 Å². The van der Waals surface area contributed by atoms with Gasteiger partial charge < -0.3 is 80.2 Å². The van der Waals surface area contributed by atoms with Gasteiger partial charge in [-0.3, -0.25) is 9.59 Å². The van der Waals surface area contributed by atoms with Gasteiger partial charge in [0.05, 0.1) is 46.6 Å². The number of ether oxygens (including phenoxy) is 4. The van der Waals surface area contributed by atoms with Gasteiger partial charge in [-0.15, -0.1) is 0 Å². The second kappa shape index (κ2) is 16.0. The highest BCUT2D eigenvalue weighted by molar-refractivity contribution is 6.18. The van der Waals surface area contributed by atoms with Crippen molar-refractivity contribution >= 4 is 23.5 Å². The summed E-state index contributed by atoms with van der Waals surface area (Å²) in [4.78, 5) is 54.2. The van der Waals surface area contributed by atoms with E-state index in [2.05, 4.69) is 0 Å². The zero-order chi connectivity index (χ0) is 44.6. The van der Waals surface area contributed by atoms with E-state index in [1.165, 1.54) is 36.4 Å². The first-order valence-corrected chi connectivity index (χ1v) is 19.0. The molecule has 0 amide bonds. The van der Waals surface area contributed by atoms with Crippen molar-refractivity contribution in [3.8, 4) is 23.0 Å². The van der Waals surface area contributed by atoms with E-state index in [1.54, 1.807) is 0 Å². The standard InChI is InChI=1S/C42H38O20/c43-11-23-31(47)35(51)37(53)41(61-23)59-21-5-1-3-15-25(17-7-13(39(55)56)9-19(45)27(17)33(49)29(15)21)26-16-4-2-6-22(60-42-38(54)36(52)32(48)24(12-44)62-42)30(16)34(50)28-18(26)8-14(40(57)58)10-20(28)46/h1-10,23-26,31-32,35-38,41-48,51-54H,11-12H2,(H,55,56)(H,57,58)/t23-,24+,25?,26?,31-,32+,35+,36-,37-,38+,41-,42-/m1/s1. The topological polar surface area (TPSA) is 348 Å². The Balaban J connectivity index is 1.38. The SMILES string of the molecule is O=C(O)c1cc(O)c2c(c1)C(C1c3cc(C(=O)O)cc(O)c3C(=O)c3c(O[C@@H]4O[C@H](CO)[C@@H](O)[C@H](O)[C@H]4O)cccc31)c1cccc(O[C@@H]3O[C@@H](CO)[C@H](O)[C@@H](O)[C@@H]3O)c1C2=O. The maximum absolute atomic E-state index is 14.7. The number of aromatic carboxylic acids is 2. The van der Waals surface area contributed by atoms with Crippen LogP contribution >= 0.6 is 0 Å². The molecule has 326 valence electrons. The molecule has 62 heavy (non-hydrogen) atoms. The zero-order valence-electron chi connectivity index (χ0n) is 31.7. The molecule has 12 N–H and O–H groups in total. The molecule has 0 spiro atoms. The van der Waals surface area contributed by atoms with Crippen LogP contribution in [0.5, 0.6) is 23.0 Å². The third-order valence-corrected chi connectivity index (χ3v) is 11.7. The fraction of sp³-hybridized carbons (Fsp3) is 0.333. The van der Waals surface area contributed by atoms with Crippen LogP contribution in [0.25, 0.3) is 0 Å². The molecule has 4 aromatic rings. The van der Waals surface area contributed by atoms with Crippen molar-refractivity contribution in [2.75, 3.05) is 13.2 Å². The number of carboxylic acids is 2. The summed E-state index contributed by atoms with van der Waals surface area (Å²) in [6, 6.07) is 11.9. The molecule has 2 unspecified atom stereocenters. The summed E-state index contributed by atoms with van der Waals surface area (Å²) in [5.74, 6) is -10.1. The van der Waals surface area contributed by atoms with Crippen LogP contribution in [-0.4, -0.2) is 159 Å². The first-order chi connectivity index (χ1) is 29.5. The van der Waals surface area contributed by atoms with Gasteiger partial charge in [-0.25, -0.2) is 9.59 Å². The Labute approximate surface area is 348 Å². The van der Waals surface area contributed by atoms with Gasteiger partial charge >= 0.3 is 11.9 Å². The molecule has 0 radical (unpaired) electrons. The Morgan fingerprint density at radius 2 is 0.887 bits per heavy atom. The number of phenolic OH excluding ortho intramolecular Hbond substituents is 2. The molecule has 12 atom stereocenters. The van der Waals surface area contributed by atoms with Crippen LogP contribution in [0.1, 0.15) is 86.6 Å². The number of ketones is 2. The zero-order valence-corrected chi connectivity index (χ0v) is 31.7. The highest BCUT2D eigenvalue weighted by Crippen LogP contribution is 2.56. The van der Waals surface area contributed by atoms with Crippen LogP contribution in [0, 0.1) is 0 Å². The molecule has 2 aliphatic carbocycles. The number of phenols is 2. The molecule has 2 aliphatic heterocycles. The maximum atomic E-state index is 14.7. The molecular weight excluding hydrogens is 824 g/mol. The fourth-order valence-electron chi connectivity index (χ4n) is 8.71. The Morgan fingerprint density at radius 3 is 1.23 bits per heavy atom. The summed E-state index contributed by atoms with van der Waals surface area (Å²) in [7, 11) is 0. The molecule has 2 fully saturated rings. The molecular formula is C42H38O20. The number of aliphatic hydroxyl groups excluding tert-OH is 8. The maximum Gasteiger partial charge on any atom is 0.335 e. The van der Waals surface area contributed by atoms with E-state index in [0.29, 0.717) is 0 Å². The van der Waals surface area contributed by atoms with Crippen molar-refractivity contribution in [3.05, 3.63) is 116 Å². The number of benzene rings is 4. The van der Waals surface area contributed by atoms with E-state index in [0.717, 1.165) is 24.3 Å². The fourth-order valence-corrected chi connectivity index (χ4v) is 8.71. The molecule has 20 heteroatoms. The molecule has 8 rings (SSSR count). The lowest BCUT2D eigenvalue weighted by Gasteiger charge is -2.41. The monoisotopic (exact) mass is 862 g/mol. The molecule has 0 saturated carbocycles. The number of carbonyl (C=O) groups is 4. The Morgan fingerprint density at radius 1 is 0.516 bits per heavy atom. The second-order valence-electron chi connectivity index (χ2n) is 15.2. The molecule has 20 nitrogen and oxygen atoms in total. The molecule has 0 bridgehead atoms. The third-order valence-electron chi connectivity index (χ3n) is 11.7. The predicted molar refractivity (Wildman–Crippen MR) is 202 cm³/mol. The minimum atomic E-state index is -1.94. The van der Waals surface area contributed by atoms with Gasteiger partial charge in [0.1, 0.15) is 71.8 Å². The normalized spacial score (nSPS) is 30.1. The quantitative estimate of drug-likeness (QED) is 0.0950. The van der Waals surface area contributed by atoms with Gasteiger partial charge in [-0.1, -0.05) is 24.3 Å². The van der Waals surface area contributed by atoms with Crippen molar-refractivity contribution < 1.29 is 99.4 Å². The van der Waals surface area contributed by atoms with Crippen LogP contribution in [0.2, 0.25) is 0 Å². The number of hydrogen-bond donors (Lipinski definition) is 12. The van der Waals surface area contributed by atoms with E-state index >= 15 is 0 Å². The molecule has 0 aromatic heterocycles. The van der Waals surface area contributed by atoms with Crippen molar-refractivity contribution in [1.82, 2.24) is 0 Å². The minimum Gasteiger partial charge on any atom is -0.507 e. The van der Waals surface area contributed by atoms with Gasteiger partial charge in [0.15, 0.2) is 0 Å². The van der Waals surface area contributed by atoms with Crippen molar-refractivity contribution in [2.24, 2.45) is 0 Å². The third kappa shape index (κ3) is 6.73. The summed E-state index contributed by atoms with van der Waals surface area (Å²) in [5.41, 5.74) is -2.87. The lowest BCUT2D eigenvalue weighted by molar-refractivity contribution is -0.277. The number of hydrogen-bond acceptors (Lipinski definition) is 18. The van der Waals surface area contributed by atoms with E-state index < -0.39 is 144 Å². The highest BCUT2D eigenvalue weighted by Gasteiger charge is 2.50. The van der Waals surface area contributed by atoms with E-state index in [1.807, 2.05) is 0 Å². The molecule has 2 heterocycles. The lowest BCUT2D eigenvalue weighted by atomic mass is 9.63. The van der Waals surface area contributed by atoms with Crippen molar-refractivity contribution in [2.45, 2.75) is 73.2 Å². The smallest absolute Gasteiger partial charge is 0.335 e. The van der Waals surface area contributed by atoms with Crippen molar-refractivity contribution in [1.29, 1.82) is 0 Å². The average Bonchev–Trinajstić information content (AvgIpc) is 3.24. The van der Waals surface area contributed by atoms with Crippen LogP contribution in [0.15, 0.2) is 60.7 Å². The van der Waals surface area contributed by atoms with Gasteiger partial charge in [-0.2, -0.15) is 0 Å². The number of carbonyl (C=O) groups excluding carboxylic acids is 2. The first kappa shape index (κ1) is 42.6. The Bertz CT molecular complexity index is 2330. The summed E-state index contributed by atoms with van der Waals surface area (Å²) in [5, 5.41) is 126. The van der Waals surface area contributed by atoms with Gasteiger partial charge in [-0.05, 0) is 58.7 Å². The summed E-state index contributed by atoms with van der Waals surface area (Å²) in [6.45, 7) is -1.64. The molecule has 2 saturated heterocycles. The number of aliphatic hydroxyl groups is 8. The van der Waals surface area contributed by atoms with Gasteiger partial charge in [0.25, 0.3) is 0 Å². The van der Waals surface area contributed by atoms with Crippen LogP contribution in [-0.2, 0) is 9.47 Å². The van der Waals surface area contributed by atoms with E-state index in [4.69, 9.17) is 18.9 Å². The summed E-state index contributed by atoms with van der Waals surface area (Å²) < 4.78 is 23.0. The number of fused-ring (bicyclic) bond motifs is 4. The van der Waals surface area contributed by atoms with E-state index in [9.17, 15) is 80.5 Å². The summed E-state index contributed by atoms with van der Waals surface area (Å²) in [6.07, 6.45) is -17.7. The van der Waals surface area contributed by atoms with Gasteiger partial charge in [0.2, 0.25) is 24.1 Å². The number of carboxylic acid groups (broad SMARTS) is 2. The molecule has 4 aromatic carbocycles. The first-order valence-electron chi connectivity index (χ1n) is 19.0. The predicted octanol–water partition coefficient (Wildman–Crippen LogP) is -1.10. The van der Waals surface area contributed by atoms with Crippen LogP contribution < -0.4 is 9.47 Å². The molecule has 4 aliphatic rings. The van der Waals surface area contributed by atoms with Crippen molar-refractivity contribution in [3.63, 3.8) is 0 Å².